The van der Waals surface area contributed by atoms with Crippen LogP contribution in [0.1, 0.15) is 22.3 Å². The molecule has 0 aliphatic carbocycles. The fourth-order valence-electron chi connectivity index (χ4n) is 1.47. The molecule has 2 heteroatoms. The van der Waals surface area contributed by atoms with E-state index in [1.807, 2.05) is 32.9 Å². The average molecular weight is 177 g/mol. The fourth-order valence-corrected chi connectivity index (χ4v) is 1.47. The summed E-state index contributed by atoms with van der Waals surface area (Å²) in [5.41, 5.74) is 4.14. The lowest BCUT2D eigenvalue weighted by Gasteiger charge is -2.07. The zero-order valence-corrected chi connectivity index (χ0v) is 8.18. The van der Waals surface area contributed by atoms with Crippen molar-refractivity contribution in [2.75, 3.05) is 0 Å². The van der Waals surface area contributed by atoms with E-state index in [1.165, 1.54) is 0 Å². The average Bonchev–Trinajstić information content (AvgIpc) is 1.98. The van der Waals surface area contributed by atoms with E-state index in [0.29, 0.717) is 0 Å². The predicted octanol–water partition coefficient (Wildman–Crippen LogP) is 2.11. The highest BCUT2D eigenvalue weighted by Crippen LogP contribution is 2.16. The predicted molar refractivity (Wildman–Crippen MR) is 50.1 cm³/mol. The maximum absolute atomic E-state index is 10.4. The molecule has 13 heavy (non-hydrogen) atoms. The van der Waals surface area contributed by atoms with Gasteiger partial charge in [0, 0.05) is 0 Å². The van der Waals surface area contributed by atoms with Gasteiger partial charge in [0.15, 0.2) is 0 Å². The molecule has 1 rings (SSSR count). The van der Waals surface area contributed by atoms with Crippen molar-refractivity contribution in [3.63, 3.8) is 0 Å². The first-order valence-corrected chi connectivity index (χ1v) is 4.27. The zero-order valence-electron chi connectivity index (χ0n) is 8.18. The molecular formula is C11H13O2. The first-order chi connectivity index (χ1) is 6.00. The molecule has 0 fully saturated rings. The summed E-state index contributed by atoms with van der Waals surface area (Å²) >= 11 is 0. The Kier molecular flexibility index (Phi) is 2.71. The summed E-state index contributed by atoms with van der Waals surface area (Å²) in [5.74, 6) is -1.02. The molecule has 0 aromatic heterocycles. The van der Waals surface area contributed by atoms with E-state index >= 15 is 0 Å². The van der Waals surface area contributed by atoms with Crippen LogP contribution in [0, 0.1) is 20.8 Å². The third kappa shape index (κ3) is 2.31. The summed E-state index contributed by atoms with van der Waals surface area (Å²) in [6.07, 6.45) is 0.00829. The van der Waals surface area contributed by atoms with Gasteiger partial charge in [-0.3, -0.25) is 0 Å². The number of carbonyl (C=O) groups excluding carboxylic acids is 1. The summed E-state index contributed by atoms with van der Waals surface area (Å²) in [6, 6.07) is 3.95. The van der Waals surface area contributed by atoms with Crippen molar-refractivity contribution < 1.29 is 9.90 Å². The van der Waals surface area contributed by atoms with Crippen molar-refractivity contribution in [1.82, 2.24) is 0 Å². The molecule has 0 saturated carbocycles. The van der Waals surface area contributed by atoms with Crippen molar-refractivity contribution in [3.8, 4) is 0 Å². The van der Waals surface area contributed by atoms with Crippen LogP contribution in [-0.4, -0.2) is 5.97 Å². The smallest absolute Gasteiger partial charge is 0.247 e. The first-order valence-electron chi connectivity index (χ1n) is 4.27. The van der Waals surface area contributed by atoms with E-state index in [9.17, 15) is 9.90 Å². The number of carbonyl (C=O) groups is 1. The lowest BCUT2D eigenvalue weighted by Crippen LogP contribution is -2.02. The summed E-state index contributed by atoms with van der Waals surface area (Å²) in [6.45, 7) is 5.89. The van der Waals surface area contributed by atoms with Gasteiger partial charge in [-0.15, -0.1) is 0 Å². The number of hydrogen-bond acceptors (Lipinski definition) is 1. The van der Waals surface area contributed by atoms with Crippen LogP contribution in [0.15, 0.2) is 12.1 Å². The highest BCUT2D eigenvalue weighted by Gasteiger charge is 2.07. The third-order valence-corrected chi connectivity index (χ3v) is 2.25. The Balaban J connectivity index is 3.12. The minimum atomic E-state index is -1.02. The SMILES string of the molecule is Cc1cc(C)c(C)c(CC([O])=O)c1. The number of rotatable bonds is 2. The molecule has 1 aromatic carbocycles. The van der Waals surface area contributed by atoms with Gasteiger partial charge in [-0.1, -0.05) is 17.7 Å². The monoisotopic (exact) mass is 177 g/mol. The molecule has 0 aliphatic rings. The zero-order chi connectivity index (χ0) is 10.0. The minimum absolute atomic E-state index is 0.00829. The Labute approximate surface area is 78.2 Å². The summed E-state index contributed by atoms with van der Waals surface area (Å²) in [7, 11) is 0. The highest BCUT2D eigenvalue weighted by molar-refractivity contribution is 5.70. The van der Waals surface area contributed by atoms with Gasteiger partial charge in [-0.25, -0.2) is 9.90 Å². The second kappa shape index (κ2) is 3.60. The van der Waals surface area contributed by atoms with Crippen molar-refractivity contribution in [2.45, 2.75) is 27.2 Å². The van der Waals surface area contributed by atoms with Crippen molar-refractivity contribution >= 4 is 5.97 Å². The van der Waals surface area contributed by atoms with Gasteiger partial charge >= 0.3 is 5.97 Å². The quantitative estimate of drug-likeness (QED) is 0.681. The molecule has 0 heterocycles. The van der Waals surface area contributed by atoms with E-state index in [0.717, 1.165) is 22.3 Å². The van der Waals surface area contributed by atoms with Crippen molar-refractivity contribution in [1.29, 1.82) is 0 Å². The second-order valence-corrected chi connectivity index (χ2v) is 3.41. The molecule has 0 bridgehead atoms. The van der Waals surface area contributed by atoms with Crippen LogP contribution in [0.25, 0.3) is 0 Å². The molecule has 0 aliphatic heterocycles. The van der Waals surface area contributed by atoms with Gasteiger partial charge in [0.1, 0.15) is 0 Å². The molecule has 0 unspecified atom stereocenters. The van der Waals surface area contributed by atoms with Crippen LogP contribution in [-0.2, 0) is 16.3 Å². The van der Waals surface area contributed by atoms with Crippen LogP contribution >= 0.6 is 0 Å². The summed E-state index contributed by atoms with van der Waals surface area (Å²) in [5, 5.41) is 10.4. The number of hydrogen-bond donors (Lipinski definition) is 0. The molecule has 0 N–H and O–H groups in total. The Morgan fingerprint density at radius 3 is 2.38 bits per heavy atom. The lowest BCUT2D eigenvalue weighted by molar-refractivity contribution is -0.142. The molecule has 0 spiro atoms. The molecular weight excluding hydrogens is 164 g/mol. The highest BCUT2D eigenvalue weighted by atomic mass is 16.4. The standard InChI is InChI=1S/C11H13O2/c1-7-4-8(2)9(3)10(5-7)6-11(12)13/h4-5H,6H2,1-3H3. The summed E-state index contributed by atoms with van der Waals surface area (Å²) < 4.78 is 0. The van der Waals surface area contributed by atoms with Gasteiger partial charge in [0.25, 0.3) is 0 Å². The van der Waals surface area contributed by atoms with E-state index in [1.54, 1.807) is 0 Å². The maximum Gasteiger partial charge on any atom is 0.359 e. The van der Waals surface area contributed by atoms with Gasteiger partial charge in [-0.2, -0.15) is 0 Å². The van der Waals surface area contributed by atoms with Crippen LogP contribution in [0.2, 0.25) is 0 Å². The van der Waals surface area contributed by atoms with E-state index < -0.39 is 5.97 Å². The van der Waals surface area contributed by atoms with Gasteiger partial charge in [0.2, 0.25) is 0 Å². The van der Waals surface area contributed by atoms with Crippen molar-refractivity contribution in [2.24, 2.45) is 0 Å². The number of benzene rings is 1. The third-order valence-electron chi connectivity index (χ3n) is 2.25. The molecule has 0 amide bonds. The normalized spacial score (nSPS) is 10.1. The Hall–Kier alpha value is -1.31. The summed E-state index contributed by atoms with van der Waals surface area (Å²) in [4.78, 5) is 10.4. The van der Waals surface area contributed by atoms with Crippen LogP contribution in [0.3, 0.4) is 0 Å². The van der Waals surface area contributed by atoms with Crippen LogP contribution in [0.4, 0.5) is 0 Å². The maximum atomic E-state index is 10.4. The lowest BCUT2D eigenvalue weighted by atomic mass is 9.98. The minimum Gasteiger partial charge on any atom is -0.247 e. The Bertz CT molecular complexity index is 340. The van der Waals surface area contributed by atoms with Gasteiger partial charge in [-0.05, 0) is 37.5 Å². The molecule has 0 saturated heterocycles. The second-order valence-electron chi connectivity index (χ2n) is 3.41. The molecule has 1 radical (unpaired) electrons. The first kappa shape index (κ1) is 9.78. The Morgan fingerprint density at radius 1 is 1.23 bits per heavy atom. The fraction of sp³-hybridized carbons (Fsp3) is 0.364. The number of aryl methyl sites for hydroxylation is 2. The molecule has 2 nitrogen and oxygen atoms in total. The largest absolute Gasteiger partial charge is 0.359 e. The van der Waals surface area contributed by atoms with Gasteiger partial charge < -0.3 is 0 Å². The van der Waals surface area contributed by atoms with Crippen LogP contribution < -0.4 is 0 Å². The van der Waals surface area contributed by atoms with E-state index in [2.05, 4.69) is 0 Å². The van der Waals surface area contributed by atoms with Crippen molar-refractivity contribution in [3.05, 3.63) is 34.4 Å². The molecule has 69 valence electrons. The van der Waals surface area contributed by atoms with E-state index in [-0.39, 0.29) is 6.42 Å². The van der Waals surface area contributed by atoms with Gasteiger partial charge in [0.05, 0.1) is 6.42 Å². The molecule has 0 atom stereocenters. The van der Waals surface area contributed by atoms with E-state index in [4.69, 9.17) is 0 Å². The van der Waals surface area contributed by atoms with Crippen LogP contribution in [0.5, 0.6) is 0 Å². The Morgan fingerprint density at radius 2 is 1.85 bits per heavy atom. The molecule has 1 aromatic rings. The topological polar surface area (TPSA) is 37.0 Å².